The topological polar surface area (TPSA) is 17.1 Å². The van der Waals surface area contributed by atoms with Crippen molar-refractivity contribution in [1.82, 2.24) is 0 Å². The van der Waals surface area contributed by atoms with Gasteiger partial charge in [-0.2, -0.15) is 0 Å². The molecule has 0 aliphatic rings. The van der Waals surface area contributed by atoms with Gasteiger partial charge in [-0.15, -0.1) is 0 Å². The Balaban J connectivity index is 2.22. The SMILES string of the molecule is Cc1cc(C(=O)Cc2ccccc2C)ccc1Br. The van der Waals surface area contributed by atoms with Crippen LogP contribution >= 0.6 is 15.9 Å². The van der Waals surface area contributed by atoms with E-state index in [1.165, 1.54) is 5.56 Å². The third kappa shape index (κ3) is 2.88. The van der Waals surface area contributed by atoms with E-state index in [-0.39, 0.29) is 5.78 Å². The number of carbonyl (C=O) groups is 1. The van der Waals surface area contributed by atoms with Crippen molar-refractivity contribution in [3.63, 3.8) is 0 Å². The fourth-order valence-electron chi connectivity index (χ4n) is 1.90. The van der Waals surface area contributed by atoms with E-state index in [0.717, 1.165) is 21.2 Å². The number of halogens is 1. The molecule has 0 bridgehead atoms. The minimum atomic E-state index is 0.167. The minimum absolute atomic E-state index is 0.167. The normalized spacial score (nSPS) is 10.4. The van der Waals surface area contributed by atoms with E-state index >= 15 is 0 Å². The molecule has 0 saturated carbocycles. The van der Waals surface area contributed by atoms with Crippen molar-refractivity contribution in [3.8, 4) is 0 Å². The molecule has 2 rings (SSSR count). The Labute approximate surface area is 116 Å². The summed E-state index contributed by atoms with van der Waals surface area (Å²) in [6.07, 6.45) is 0.466. The zero-order valence-electron chi connectivity index (χ0n) is 10.5. The van der Waals surface area contributed by atoms with Gasteiger partial charge in [-0.1, -0.05) is 46.3 Å². The van der Waals surface area contributed by atoms with Crippen molar-refractivity contribution in [3.05, 3.63) is 69.2 Å². The first-order valence-corrected chi connectivity index (χ1v) is 6.71. The standard InChI is InChI=1S/C16H15BrO/c1-11-5-3-4-6-13(11)10-16(18)14-7-8-15(17)12(2)9-14/h3-9H,10H2,1-2H3. The molecule has 0 amide bonds. The molecule has 0 N–H and O–H groups in total. The lowest BCUT2D eigenvalue weighted by Gasteiger charge is -2.06. The summed E-state index contributed by atoms with van der Waals surface area (Å²) in [4.78, 5) is 12.2. The molecular weight excluding hydrogens is 288 g/mol. The van der Waals surface area contributed by atoms with Gasteiger partial charge in [0.05, 0.1) is 0 Å². The Morgan fingerprint density at radius 3 is 2.44 bits per heavy atom. The summed E-state index contributed by atoms with van der Waals surface area (Å²) in [6.45, 7) is 4.03. The van der Waals surface area contributed by atoms with E-state index < -0.39 is 0 Å². The minimum Gasteiger partial charge on any atom is -0.294 e. The van der Waals surface area contributed by atoms with Gasteiger partial charge in [0.2, 0.25) is 0 Å². The molecule has 2 aromatic rings. The van der Waals surface area contributed by atoms with Gasteiger partial charge in [0.15, 0.2) is 5.78 Å². The Morgan fingerprint density at radius 2 is 1.78 bits per heavy atom. The van der Waals surface area contributed by atoms with Crippen LogP contribution in [-0.2, 0) is 6.42 Å². The van der Waals surface area contributed by atoms with Crippen LogP contribution in [0.3, 0.4) is 0 Å². The molecule has 0 unspecified atom stereocenters. The summed E-state index contributed by atoms with van der Waals surface area (Å²) >= 11 is 3.45. The highest BCUT2D eigenvalue weighted by molar-refractivity contribution is 9.10. The highest BCUT2D eigenvalue weighted by Gasteiger charge is 2.09. The summed E-state index contributed by atoms with van der Waals surface area (Å²) in [6, 6.07) is 13.8. The molecule has 0 aromatic heterocycles. The van der Waals surface area contributed by atoms with Crippen molar-refractivity contribution < 1.29 is 4.79 Å². The quantitative estimate of drug-likeness (QED) is 0.763. The number of benzene rings is 2. The monoisotopic (exact) mass is 302 g/mol. The number of hydrogen-bond donors (Lipinski definition) is 0. The average Bonchev–Trinajstić information content (AvgIpc) is 2.35. The van der Waals surface area contributed by atoms with Gasteiger partial charge in [0.25, 0.3) is 0 Å². The third-order valence-corrected chi connectivity index (χ3v) is 3.98. The molecule has 1 nitrogen and oxygen atoms in total. The van der Waals surface area contributed by atoms with E-state index in [0.29, 0.717) is 6.42 Å². The highest BCUT2D eigenvalue weighted by Crippen LogP contribution is 2.19. The average molecular weight is 303 g/mol. The number of ketones is 1. The molecule has 0 saturated heterocycles. The molecule has 0 aliphatic carbocycles. The van der Waals surface area contributed by atoms with Crippen LogP contribution in [0.2, 0.25) is 0 Å². The van der Waals surface area contributed by atoms with Crippen molar-refractivity contribution in [2.45, 2.75) is 20.3 Å². The zero-order chi connectivity index (χ0) is 13.1. The van der Waals surface area contributed by atoms with Crippen LogP contribution < -0.4 is 0 Å². The van der Waals surface area contributed by atoms with Crippen molar-refractivity contribution in [1.29, 1.82) is 0 Å². The smallest absolute Gasteiger partial charge is 0.167 e. The second kappa shape index (κ2) is 5.49. The molecule has 0 heterocycles. The Kier molecular flexibility index (Phi) is 3.97. The lowest BCUT2D eigenvalue weighted by Crippen LogP contribution is -2.05. The lowest BCUT2D eigenvalue weighted by molar-refractivity contribution is 0.0992. The van der Waals surface area contributed by atoms with Gasteiger partial charge in [0.1, 0.15) is 0 Å². The number of rotatable bonds is 3. The van der Waals surface area contributed by atoms with Crippen molar-refractivity contribution in [2.75, 3.05) is 0 Å². The van der Waals surface area contributed by atoms with Crippen molar-refractivity contribution in [2.24, 2.45) is 0 Å². The number of hydrogen-bond acceptors (Lipinski definition) is 1. The molecule has 18 heavy (non-hydrogen) atoms. The highest BCUT2D eigenvalue weighted by atomic mass is 79.9. The zero-order valence-corrected chi connectivity index (χ0v) is 12.1. The maximum atomic E-state index is 12.2. The van der Waals surface area contributed by atoms with Crippen molar-refractivity contribution >= 4 is 21.7 Å². The fraction of sp³-hybridized carbons (Fsp3) is 0.188. The molecule has 0 atom stereocenters. The molecule has 2 aromatic carbocycles. The van der Waals surface area contributed by atoms with Crippen LogP contribution in [0.5, 0.6) is 0 Å². The second-order valence-electron chi connectivity index (χ2n) is 4.49. The fourth-order valence-corrected chi connectivity index (χ4v) is 2.15. The Morgan fingerprint density at radius 1 is 1.06 bits per heavy atom. The first-order valence-electron chi connectivity index (χ1n) is 5.92. The predicted octanol–water partition coefficient (Wildman–Crippen LogP) is 4.49. The van der Waals surface area contributed by atoms with E-state index in [1.807, 2.05) is 56.3 Å². The number of carbonyl (C=O) groups excluding carboxylic acids is 1. The molecule has 0 spiro atoms. The molecular formula is C16H15BrO. The Hall–Kier alpha value is -1.41. The largest absolute Gasteiger partial charge is 0.294 e. The van der Waals surface area contributed by atoms with E-state index in [1.54, 1.807) is 0 Å². The Bertz CT molecular complexity index is 587. The maximum absolute atomic E-state index is 12.2. The molecule has 92 valence electrons. The van der Waals surface area contributed by atoms with Crippen LogP contribution in [0.4, 0.5) is 0 Å². The summed E-state index contributed by atoms with van der Waals surface area (Å²) in [5.74, 6) is 0.167. The van der Waals surface area contributed by atoms with Gasteiger partial charge in [-0.05, 0) is 42.7 Å². The summed E-state index contributed by atoms with van der Waals surface area (Å²) in [5, 5.41) is 0. The van der Waals surface area contributed by atoms with Gasteiger partial charge in [0, 0.05) is 16.5 Å². The molecule has 0 radical (unpaired) electrons. The van der Waals surface area contributed by atoms with Gasteiger partial charge in [-0.25, -0.2) is 0 Å². The first kappa shape index (κ1) is 13.0. The first-order chi connectivity index (χ1) is 8.58. The van der Waals surface area contributed by atoms with Crippen LogP contribution in [-0.4, -0.2) is 5.78 Å². The van der Waals surface area contributed by atoms with Crippen LogP contribution in [0.25, 0.3) is 0 Å². The van der Waals surface area contributed by atoms with Gasteiger partial charge in [-0.3, -0.25) is 4.79 Å². The van der Waals surface area contributed by atoms with Gasteiger partial charge < -0.3 is 0 Å². The van der Waals surface area contributed by atoms with Crippen LogP contribution in [0, 0.1) is 13.8 Å². The van der Waals surface area contributed by atoms with E-state index in [2.05, 4.69) is 15.9 Å². The second-order valence-corrected chi connectivity index (χ2v) is 5.34. The lowest BCUT2D eigenvalue weighted by atomic mass is 9.99. The summed E-state index contributed by atoms with van der Waals surface area (Å²) in [5.41, 5.74) is 4.13. The molecule has 0 aliphatic heterocycles. The summed E-state index contributed by atoms with van der Waals surface area (Å²) < 4.78 is 1.04. The molecule has 0 fully saturated rings. The third-order valence-electron chi connectivity index (χ3n) is 3.09. The maximum Gasteiger partial charge on any atom is 0.167 e. The predicted molar refractivity (Wildman–Crippen MR) is 78.1 cm³/mol. The molecule has 2 heteroatoms. The van der Waals surface area contributed by atoms with Crippen LogP contribution in [0.15, 0.2) is 46.9 Å². The summed E-state index contributed by atoms with van der Waals surface area (Å²) in [7, 11) is 0. The number of aryl methyl sites for hydroxylation is 2. The van der Waals surface area contributed by atoms with E-state index in [4.69, 9.17) is 0 Å². The van der Waals surface area contributed by atoms with E-state index in [9.17, 15) is 4.79 Å². The van der Waals surface area contributed by atoms with Gasteiger partial charge >= 0.3 is 0 Å². The van der Waals surface area contributed by atoms with Crippen LogP contribution in [0.1, 0.15) is 27.0 Å². The number of Topliss-reactive ketones (excluding diaryl/α,β-unsaturated/α-hetero) is 1.